The quantitative estimate of drug-likeness (QED) is 0.869. The largest absolute Gasteiger partial charge is 0.330 e. The number of nitrogens with two attached hydrogens (primary N) is 1. The third-order valence-corrected chi connectivity index (χ3v) is 5.97. The summed E-state index contributed by atoms with van der Waals surface area (Å²) in [7, 11) is 2.28. The number of fused-ring (bicyclic) bond motifs is 2. The Labute approximate surface area is 129 Å². The molecule has 0 spiro atoms. The molecule has 21 heavy (non-hydrogen) atoms. The summed E-state index contributed by atoms with van der Waals surface area (Å²) in [5.74, 6) is 2.99. The molecule has 3 rings (SSSR count). The van der Waals surface area contributed by atoms with Gasteiger partial charge in [0.05, 0.1) is 0 Å². The Morgan fingerprint density at radius 3 is 2.52 bits per heavy atom. The highest BCUT2D eigenvalue weighted by atomic mass is 15.1. The van der Waals surface area contributed by atoms with Crippen LogP contribution in [-0.4, -0.2) is 31.6 Å². The smallest absolute Gasteiger partial charge is 0.0174 e. The molecule has 2 aliphatic carbocycles. The molecule has 0 heterocycles. The van der Waals surface area contributed by atoms with Crippen LogP contribution in [0.2, 0.25) is 0 Å². The van der Waals surface area contributed by atoms with Gasteiger partial charge in [0.25, 0.3) is 0 Å². The normalized spacial score (nSPS) is 30.8. The van der Waals surface area contributed by atoms with Crippen LogP contribution in [0.3, 0.4) is 0 Å². The van der Waals surface area contributed by atoms with Gasteiger partial charge < -0.3 is 10.6 Å². The molecule has 0 saturated heterocycles. The summed E-state index contributed by atoms with van der Waals surface area (Å²) in [5, 5.41) is 0. The Balaban J connectivity index is 1.61. The number of hydrogen-bond acceptors (Lipinski definition) is 2. The second-order valence-corrected chi connectivity index (χ2v) is 7.76. The second kappa shape index (κ2) is 6.10. The Hall–Kier alpha value is -0.860. The molecular weight excluding hydrogens is 256 g/mol. The molecule has 2 saturated carbocycles. The number of benzene rings is 1. The van der Waals surface area contributed by atoms with E-state index in [1.165, 1.54) is 37.8 Å². The molecule has 2 heteroatoms. The highest BCUT2D eigenvalue weighted by molar-refractivity contribution is 5.25. The van der Waals surface area contributed by atoms with Crippen LogP contribution in [0.1, 0.15) is 38.2 Å². The number of nitrogens with zero attached hydrogens (tertiary/aromatic N) is 1. The molecule has 2 N–H and O–H groups in total. The first-order valence-electron chi connectivity index (χ1n) is 8.55. The minimum Gasteiger partial charge on any atom is -0.330 e. The van der Waals surface area contributed by atoms with Gasteiger partial charge in [0, 0.05) is 25.0 Å². The first-order valence-corrected chi connectivity index (χ1v) is 8.55. The van der Waals surface area contributed by atoms with E-state index in [9.17, 15) is 0 Å². The van der Waals surface area contributed by atoms with Crippen molar-refractivity contribution in [3.8, 4) is 0 Å². The van der Waals surface area contributed by atoms with Gasteiger partial charge in [-0.2, -0.15) is 0 Å². The molecule has 2 nitrogen and oxygen atoms in total. The molecule has 1 aromatic carbocycles. The molecule has 2 fully saturated rings. The molecule has 0 radical (unpaired) electrons. The predicted molar refractivity (Wildman–Crippen MR) is 89.3 cm³/mol. The lowest BCUT2D eigenvalue weighted by Gasteiger charge is -2.35. The van der Waals surface area contributed by atoms with Crippen molar-refractivity contribution < 1.29 is 0 Å². The Bertz CT molecular complexity index is 458. The van der Waals surface area contributed by atoms with Crippen LogP contribution in [-0.2, 0) is 5.41 Å². The van der Waals surface area contributed by atoms with Crippen molar-refractivity contribution in [1.29, 1.82) is 0 Å². The molecule has 1 aromatic rings. The predicted octanol–water partition coefficient (Wildman–Crippen LogP) is 3.27. The van der Waals surface area contributed by atoms with Gasteiger partial charge in [-0.3, -0.25) is 0 Å². The summed E-state index contributed by atoms with van der Waals surface area (Å²) in [4.78, 5) is 2.53. The van der Waals surface area contributed by atoms with Crippen LogP contribution in [0.4, 0.5) is 0 Å². The van der Waals surface area contributed by atoms with E-state index in [-0.39, 0.29) is 5.41 Å². The molecule has 0 aromatic heterocycles. The van der Waals surface area contributed by atoms with Crippen molar-refractivity contribution in [1.82, 2.24) is 4.90 Å². The molecule has 0 aliphatic heterocycles. The monoisotopic (exact) mass is 286 g/mol. The van der Waals surface area contributed by atoms with Gasteiger partial charge in [-0.15, -0.1) is 0 Å². The Morgan fingerprint density at radius 2 is 1.95 bits per heavy atom. The molecule has 4 unspecified atom stereocenters. The van der Waals surface area contributed by atoms with Crippen molar-refractivity contribution in [3.63, 3.8) is 0 Å². The van der Waals surface area contributed by atoms with Crippen LogP contribution < -0.4 is 5.73 Å². The lowest BCUT2D eigenvalue weighted by molar-refractivity contribution is 0.189. The zero-order chi connectivity index (χ0) is 14.9. The Kier molecular flexibility index (Phi) is 4.37. The summed E-state index contributed by atoms with van der Waals surface area (Å²) in [6, 6.07) is 10.8. The Morgan fingerprint density at radius 1 is 1.19 bits per heavy atom. The van der Waals surface area contributed by atoms with Gasteiger partial charge in [-0.25, -0.2) is 0 Å². The van der Waals surface area contributed by atoms with Gasteiger partial charge in [0.15, 0.2) is 0 Å². The number of rotatable bonds is 6. The molecule has 116 valence electrons. The zero-order valence-corrected chi connectivity index (χ0v) is 13.6. The average Bonchev–Trinajstić information content (AvgIpc) is 3.10. The highest BCUT2D eigenvalue weighted by Gasteiger charge is 2.40. The van der Waals surface area contributed by atoms with Gasteiger partial charge in [-0.1, -0.05) is 43.7 Å². The first-order chi connectivity index (χ1) is 10.1. The number of likely N-dealkylation sites (N-methyl/N-ethyl adjacent to an activating group) is 1. The minimum atomic E-state index is 0.0631. The summed E-state index contributed by atoms with van der Waals surface area (Å²) in [6.45, 7) is 5.32. The van der Waals surface area contributed by atoms with E-state index in [0.29, 0.717) is 6.54 Å². The van der Waals surface area contributed by atoms with E-state index in [1.54, 1.807) is 0 Å². The topological polar surface area (TPSA) is 29.3 Å². The molecule has 4 atom stereocenters. The molecular formula is C19H30N2. The summed E-state index contributed by atoms with van der Waals surface area (Å²) >= 11 is 0. The number of hydrogen-bond donors (Lipinski definition) is 1. The maximum Gasteiger partial charge on any atom is 0.0174 e. The summed E-state index contributed by atoms with van der Waals surface area (Å²) < 4.78 is 0. The van der Waals surface area contributed by atoms with Crippen LogP contribution in [0.15, 0.2) is 30.3 Å². The van der Waals surface area contributed by atoms with Gasteiger partial charge in [-0.05, 0) is 49.6 Å². The fraction of sp³-hybridized carbons (Fsp3) is 0.684. The van der Waals surface area contributed by atoms with Gasteiger partial charge >= 0.3 is 0 Å². The minimum absolute atomic E-state index is 0.0631. The molecule has 2 aliphatic rings. The van der Waals surface area contributed by atoms with Crippen molar-refractivity contribution in [2.45, 2.75) is 38.0 Å². The van der Waals surface area contributed by atoms with E-state index in [2.05, 4.69) is 49.2 Å². The second-order valence-electron chi connectivity index (χ2n) is 7.76. The van der Waals surface area contributed by atoms with Crippen LogP contribution in [0, 0.1) is 17.8 Å². The SMILES string of the molecule is CN(CC1CC2CCC1C2)CC(C)(CN)c1ccccc1. The van der Waals surface area contributed by atoms with E-state index in [4.69, 9.17) is 5.73 Å². The van der Waals surface area contributed by atoms with E-state index < -0.39 is 0 Å². The molecule has 0 amide bonds. The van der Waals surface area contributed by atoms with Crippen molar-refractivity contribution in [3.05, 3.63) is 35.9 Å². The lowest BCUT2D eigenvalue weighted by atomic mass is 9.81. The summed E-state index contributed by atoms with van der Waals surface area (Å²) in [5.41, 5.74) is 7.56. The van der Waals surface area contributed by atoms with E-state index >= 15 is 0 Å². The summed E-state index contributed by atoms with van der Waals surface area (Å²) in [6.07, 6.45) is 5.95. The van der Waals surface area contributed by atoms with Crippen molar-refractivity contribution >= 4 is 0 Å². The fourth-order valence-electron chi connectivity index (χ4n) is 4.77. The van der Waals surface area contributed by atoms with Gasteiger partial charge in [0.2, 0.25) is 0 Å². The maximum atomic E-state index is 6.13. The van der Waals surface area contributed by atoms with Crippen LogP contribution in [0.25, 0.3) is 0 Å². The third-order valence-electron chi connectivity index (χ3n) is 5.97. The first kappa shape index (κ1) is 15.1. The zero-order valence-electron chi connectivity index (χ0n) is 13.6. The fourth-order valence-corrected chi connectivity index (χ4v) is 4.77. The highest BCUT2D eigenvalue weighted by Crippen LogP contribution is 2.48. The van der Waals surface area contributed by atoms with Gasteiger partial charge in [0.1, 0.15) is 0 Å². The van der Waals surface area contributed by atoms with Crippen molar-refractivity contribution in [2.75, 3.05) is 26.7 Å². The third kappa shape index (κ3) is 3.17. The standard InChI is InChI=1S/C19H30N2/c1-19(13-20,18-6-4-3-5-7-18)14-21(2)12-17-11-15-8-9-16(17)10-15/h3-7,15-17H,8-14,20H2,1-2H3. The van der Waals surface area contributed by atoms with E-state index in [0.717, 1.165) is 24.3 Å². The van der Waals surface area contributed by atoms with Crippen molar-refractivity contribution in [2.24, 2.45) is 23.5 Å². The average molecular weight is 286 g/mol. The van der Waals surface area contributed by atoms with Crippen LogP contribution >= 0.6 is 0 Å². The molecule has 2 bridgehead atoms. The van der Waals surface area contributed by atoms with Crippen LogP contribution in [0.5, 0.6) is 0 Å². The van der Waals surface area contributed by atoms with E-state index in [1.807, 2.05) is 0 Å². The lowest BCUT2D eigenvalue weighted by Crippen LogP contribution is -2.44. The maximum absolute atomic E-state index is 6.13.